The van der Waals surface area contributed by atoms with Gasteiger partial charge in [0.05, 0.1) is 5.56 Å². The van der Waals surface area contributed by atoms with E-state index in [0.29, 0.717) is 12.0 Å². The number of phenols is 1. The minimum Gasteiger partial charge on any atom is -0.506 e. The van der Waals surface area contributed by atoms with Gasteiger partial charge in [0.2, 0.25) is 0 Å². The average Bonchev–Trinajstić information content (AvgIpc) is 2.18. The number of hydrogen-bond acceptors (Lipinski definition) is 4. The Morgan fingerprint density at radius 3 is 2.79 bits per heavy atom. The summed E-state index contributed by atoms with van der Waals surface area (Å²) in [6.45, 7) is -0.0443. The number of hydrogen-bond donors (Lipinski definition) is 3. The Bertz CT molecular complexity index is 358. The molecule has 4 heteroatoms. The van der Waals surface area contributed by atoms with Crippen molar-refractivity contribution in [3.8, 4) is 11.8 Å². The molecule has 14 heavy (non-hydrogen) atoms. The first kappa shape index (κ1) is 10.5. The van der Waals surface area contributed by atoms with Crippen LogP contribution in [0, 0.1) is 11.3 Å². The molecular formula is C10H12N2O2. The van der Waals surface area contributed by atoms with Crippen molar-refractivity contribution in [1.82, 2.24) is 0 Å². The lowest BCUT2D eigenvalue weighted by Gasteiger charge is -2.12. The number of rotatable bonds is 3. The SMILES string of the molecule is N#Cc1cccc([C@H](N)CCO)c1O. The lowest BCUT2D eigenvalue weighted by atomic mass is 10.0. The Labute approximate surface area is 82.2 Å². The van der Waals surface area contributed by atoms with E-state index in [4.69, 9.17) is 16.1 Å². The second-order valence-corrected chi connectivity index (χ2v) is 2.97. The number of nitriles is 1. The number of aliphatic hydroxyl groups excluding tert-OH is 1. The third-order valence-electron chi connectivity index (χ3n) is 2.03. The molecule has 74 valence electrons. The predicted molar refractivity (Wildman–Crippen MR) is 51.5 cm³/mol. The number of nitrogens with two attached hydrogens (primary N) is 1. The number of aromatic hydroxyl groups is 1. The van der Waals surface area contributed by atoms with Crippen molar-refractivity contribution in [1.29, 1.82) is 5.26 Å². The molecule has 0 saturated heterocycles. The molecule has 0 aliphatic rings. The molecule has 0 aliphatic carbocycles. The Hall–Kier alpha value is -1.57. The molecule has 4 N–H and O–H groups in total. The van der Waals surface area contributed by atoms with E-state index in [0.717, 1.165) is 0 Å². The van der Waals surface area contributed by atoms with Crippen LogP contribution in [0.1, 0.15) is 23.6 Å². The fourth-order valence-corrected chi connectivity index (χ4v) is 1.25. The highest BCUT2D eigenvalue weighted by atomic mass is 16.3. The Balaban J connectivity index is 3.04. The van der Waals surface area contributed by atoms with Crippen molar-refractivity contribution in [3.63, 3.8) is 0 Å². The van der Waals surface area contributed by atoms with E-state index in [1.807, 2.05) is 6.07 Å². The van der Waals surface area contributed by atoms with Gasteiger partial charge in [-0.05, 0) is 12.5 Å². The molecular weight excluding hydrogens is 180 g/mol. The number of aliphatic hydroxyl groups is 1. The van der Waals surface area contributed by atoms with Gasteiger partial charge in [0.1, 0.15) is 11.8 Å². The van der Waals surface area contributed by atoms with Crippen LogP contribution < -0.4 is 5.73 Å². The van der Waals surface area contributed by atoms with Crippen LogP contribution in [0.15, 0.2) is 18.2 Å². The minimum atomic E-state index is -0.437. The van der Waals surface area contributed by atoms with Crippen molar-refractivity contribution in [3.05, 3.63) is 29.3 Å². The first-order valence-electron chi connectivity index (χ1n) is 4.29. The fourth-order valence-electron chi connectivity index (χ4n) is 1.25. The van der Waals surface area contributed by atoms with Gasteiger partial charge in [-0.3, -0.25) is 0 Å². The van der Waals surface area contributed by atoms with Crippen LogP contribution in [0.3, 0.4) is 0 Å². The number of benzene rings is 1. The summed E-state index contributed by atoms with van der Waals surface area (Å²) in [6, 6.07) is 6.25. The minimum absolute atomic E-state index is 0.0443. The van der Waals surface area contributed by atoms with Gasteiger partial charge in [0, 0.05) is 18.2 Å². The summed E-state index contributed by atoms with van der Waals surface area (Å²) in [5.74, 6) is -0.0871. The van der Waals surface area contributed by atoms with Crippen LogP contribution in [0.4, 0.5) is 0 Å². The normalized spacial score (nSPS) is 12.1. The van der Waals surface area contributed by atoms with Crippen molar-refractivity contribution in [2.45, 2.75) is 12.5 Å². The van der Waals surface area contributed by atoms with E-state index in [2.05, 4.69) is 0 Å². The monoisotopic (exact) mass is 192 g/mol. The number of para-hydroxylation sites is 1. The van der Waals surface area contributed by atoms with Crippen LogP contribution in [-0.4, -0.2) is 16.8 Å². The third kappa shape index (κ3) is 2.02. The summed E-state index contributed by atoms with van der Waals surface area (Å²) in [5, 5.41) is 26.9. The number of nitrogens with zero attached hydrogens (tertiary/aromatic N) is 1. The Kier molecular flexibility index (Phi) is 3.46. The van der Waals surface area contributed by atoms with E-state index in [-0.39, 0.29) is 17.9 Å². The standard InChI is InChI=1S/C10H12N2O2/c11-6-7-2-1-3-8(10(7)14)9(12)4-5-13/h1-3,9,13-14H,4-5,12H2/t9-/m1/s1. The molecule has 1 rings (SSSR count). The second-order valence-electron chi connectivity index (χ2n) is 2.97. The molecule has 0 aliphatic heterocycles. The van der Waals surface area contributed by atoms with E-state index in [1.54, 1.807) is 12.1 Å². The van der Waals surface area contributed by atoms with Gasteiger partial charge in [0.25, 0.3) is 0 Å². The highest BCUT2D eigenvalue weighted by Gasteiger charge is 2.12. The largest absolute Gasteiger partial charge is 0.506 e. The molecule has 0 amide bonds. The zero-order valence-corrected chi connectivity index (χ0v) is 7.64. The molecule has 4 nitrogen and oxygen atoms in total. The zero-order chi connectivity index (χ0) is 10.6. The molecule has 0 heterocycles. The fraction of sp³-hybridized carbons (Fsp3) is 0.300. The third-order valence-corrected chi connectivity index (χ3v) is 2.03. The quantitative estimate of drug-likeness (QED) is 0.655. The van der Waals surface area contributed by atoms with E-state index in [1.165, 1.54) is 6.07 Å². The summed E-state index contributed by atoms with van der Waals surface area (Å²) in [7, 11) is 0. The first-order valence-corrected chi connectivity index (χ1v) is 4.29. The van der Waals surface area contributed by atoms with E-state index in [9.17, 15) is 5.11 Å². The van der Waals surface area contributed by atoms with Crippen LogP contribution in [-0.2, 0) is 0 Å². The number of phenolic OH excluding ortho intramolecular Hbond substituents is 1. The van der Waals surface area contributed by atoms with Gasteiger partial charge in [-0.1, -0.05) is 12.1 Å². The van der Waals surface area contributed by atoms with Crippen LogP contribution in [0.25, 0.3) is 0 Å². The summed E-state index contributed by atoms with van der Waals surface area (Å²) in [4.78, 5) is 0. The highest BCUT2D eigenvalue weighted by Crippen LogP contribution is 2.27. The summed E-state index contributed by atoms with van der Waals surface area (Å²) < 4.78 is 0. The van der Waals surface area contributed by atoms with Crippen LogP contribution >= 0.6 is 0 Å². The van der Waals surface area contributed by atoms with Crippen LogP contribution in [0.5, 0.6) is 5.75 Å². The zero-order valence-electron chi connectivity index (χ0n) is 7.64. The molecule has 1 atom stereocenters. The molecule has 0 aromatic heterocycles. The molecule has 0 saturated carbocycles. The van der Waals surface area contributed by atoms with Crippen molar-refractivity contribution >= 4 is 0 Å². The predicted octanol–water partition coefficient (Wildman–Crippen LogP) is 0.646. The maximum absolute atomic E-state index is 9.60. The van der Waals surface area contributed by atoms with Gasteiger partial charge >= 0.3 is 0 Å². The highest BCUT2D eigenvalue weighted by molar-refractivity contribution is 5.48. The van der Waals surface area contributed by atoms with Gasteiger partial charge in [-0.2, -0.15) is 5.26 Å². The van der Waals surface area contributed by atoms with E-state index < -0.39 is 6.04 Å². The lowest BCUT2D eigenvalue weighted by Crippen LogP contribution is -2.12. The molecule has 0 spiro atoms. The topological polar surface area (TPSA) is 90.3 Å². The molecule has 0 unspecified atom stereocenters. The smallest absolute Gasteiger partial charge is 0.138 e. The molecule has 0 radical (unpaired) electrons. The second kappa shape index (κ2) is 4.61. The van der Waals surface area contributed by atoms with Crippen molar-refractivity contribution in [2.24, 2.45) is 5.73 Å². The van der Waals surface area contributed by atoms with Gasteiger partial charge in [-0.25, -0.2) is 0 Å². The Morgan fingerprint density at radius 2 is 2.21 bits per heavy atom. The summed E-state index contributed by atoms with van der Waals surface area (Å²) in [5.41, 5.74) is 6.40. The molecule has 0 fully saturated rings. The lowest BCUT2D eigenvalue weighted by molar-refractivity contribution is 0.275. The van der Waals surface area contributed by atoms with Crippen molar-refractivity contribution in [2.75, 3.05) is 6.61 Å². The summed E-state index contributed by atoms with van der Waals surface area (Å²) >= 11 is 0. The van der Waals surface area contributed by atoms with Gasteiger partial charge in [-0.15, -0.1) is 0 Å². The average molecular weight is 192 g/mol. The van der Waals surface area contributed by atoms with Crippen molar-refractivity contribution < 1.29 is 10.2 Å². The summed E-state index contributed by atoms with van der Waals surface area (Å²) in [6.07, 6.45) is 0.364. The first-order chi connectivity index (χ1) is 6.70. The van der Waals surface area contributed by atoms with Crippen LogP contribution in [0.2, 0.25) is 0 Å². The molecule has 1 aromatic carbocycles. The maximum Gasteiger partial charge on any atom is 0.138 e. The maximum atomic E-state index is 9.60. The Morgan fingerprint density at radius 1 is 1.50 bits per heavy atom. The molecule has 1 aromatic rings. The van der Waals surface area contributed by atoms with Gasteiger partial charge in [0.15, 0.2) is 0 Å². The van der Waals surface area contributed by atoms with E-state index >= 15 is 0 Å². The molecule has 0 bridgehead atoms. The van der Waals surface area contributed by atoms with Gasteiger partial charge < -0.3 is 15.9 Å².